The van der Waals surface area contributed by atoms with Crippen LogP contribution in [0.5, 0.6) is 0 Å². The van der Waals surface area contributed by atoms with Gasteiger partial charge in [-0.25, -0.2) is 4.98 Å². The number of amides is 1. The van der Waals surface area contributed by atoms with E-state index in [4.69, 9.17) is 16.6 Å². The first kappa shape index (κ1) is 16.6. The molecule has 3 nitrogen and oxygen atoms in total. The van der Waals surface area contributed by atoms with Gasteiger partial charge in [0.05, 0.1) is 16.3 Å². The van der Waals surface area contributed by atoms with Crippen molar-refractivity contribution < 1.29 is 4.79 Å². The number of rotatable bonds is 4. The number of hydrogen-bond acceptors (Lipinski definition) is 3. The minimum atomic E-state index is 0.117. The van der Waals surface area contributed by atoms with E-state index in [-0.39, 0.29) is 11.8 Å². The highest BCUT2D eigenvalue weighted by molar-refractivity contribution is 7.22. The van der Waals surface area contributed by atoms with Gasteiger partial charge in [0, 0.05) is 5.92 Å². The van der Waals surface area contributed by atoms with Crippen molar-refractivity contribution >= 4 is 44.2 Å². The Balaban J connectivity index is 1.72. The van der Waals surface area contributed by atoms with Crippen LogP contribution >= 0.6 is 22.9 Å². The second kappa shape index (κ2) is 7.14. The van der Waals surface area contributed by atoms with Gasteiger partial charge >= 0.3 is 0 Å². The molecule has 1 heterocycles. The predicted octanol–water partition coefficient (Wildman–Crippen LogP) is 5.67. The number of halogens is 1. The van der Waals surface area contributed by atoms with Crippen LogP contribution in [0.25, 0.3) is 10.2 Å². The van der Waals surface area contributed by atoms with Gasteiger partial charge in [0.2, 0.25) is 5.91 Å². The maximum absolute atomic E-state index is 13.2. The predicted molar refractivity (Wildman–Crippen MR) is 104 cm³/mol. The lowest BCUT2D eigenvalue weighted by atomic mass is 10.1. The van der Waals surface area contributed by atoms with Gasteiger partial charge in [-0.1, -0.05) is 72.2 Å². The molecule has 0 saturated heterocycles. The molecular weight excluding hydrogens is 352 g/mol. The number of para-hydroxylation sites is 1. The molecule has 1 fully saturated rings. The van der Waals surface area contributed by atoms with E-state index >= 15 is 0 Å². The third-order valence-electron chi connectivity index (χ3n) is 4.74. The molecule has 5 heteroatoms. The lowest BCUT2D eigenvalue weighted by Gasteiger charge is -2.23. The van der Waals surface area contributed by atoms with Gasteiger partial charge in [-0.2, -0.15) is 0 Å². The van der Waals surface area contributed by atoms with E-state index < -0.39 is 0 Å². The molecule has 128 valence electrons. The van der Waals surface area contributed by atoms with Crippen LogP contribution in [0.3, 0.4) is 0 Å². The van der Waals surface area contributed by atoms with Gasteiger partial charge in [-0.05, 0) is 30.5 Å². The molecule has 0 aliphatic heterocycles. The fraction of sp³-hybridized carbons (Fsp3) is 0.300. The van der Waals surface area contributed by atoms with Crippen molar-refractivity contribution in [2.45, 2.75) is 32.2 Å². The fourth-order valence-corrected chi connectivity index (χ4v) is 4.69. The normalized spacial score (nSPS) is 14.9. The summed E-state index contributed by atoms with van der Waals surface area (Å²) in [6, 6.07) is 15.9. The van der Waals surface area contributed by atoms with E-state index in [9.17, 15) is 4.79 Å². The monoisotopic (exact) mass is 370 g/mol. The molecule has 1 aliphatic carbocycles. The SMILES string of the molecule is O=C(C1CCCC1)N(Cc1ccccc1)c1nc2c(Cl)cccc2s1. The number of anilines is 1. The molecule has 0 radical (unpaired) electrons. The number of carbonyl (C=O) groups excluding carboxylic acids is 1. The Labute approximate surface area is 156 Å². The van der Waals surface area contributed by atoms with E-state index in [2.05, 4.69) is 12.1 Å². The molecule has 0 atom stereocenters. The number of carbonyl (C=O) groups is 1. The van der Waals surface area contributed by atoms with Crippen molar-refractivity contribution in [3.8, 4) is 0 Å². The number of thiazole rings is 1. The largest absolute Gasteiger partial charge is 0.283 e. The third-order valence-corrected chi connectivity index (χ3v) is 6.09. The smallest absolute Gasteiger partial charge is 0.232 e. The minimum absolute atomic E-state index is 0.117. The first-order chi connectivity index (χ1) is 12.2. The maximum Gasteiger partial charge on any atom is 0.232 e. The van der Waals surface area contributed by atoms with E-state index in [0.717, 1.165) is 46.6 Å². The van der Waals surface area contributed by atoms with Crippen LogP contribution < -0.4 is 4.90 Å². The van der Waals surface area contributed by atoms with Crippen molar-refractivity contribution in [3.05, 3.63) is 59.1 Å². The highest BCUT2D eigenvalue weighted by Gasteiger charge is 2.30. The van der Waals surface area contributed by atoms with Crippen LogP contribution in [0, 0.1) is 5.92 Å². The molecule has 1 saturated carbocycles. The van der Waals surface area contributed by atoms with Crippen molar-refractivity contribution in [2.75, 3.05) is 4.90 Å². The lowest BCUT2D eigenvalue weighted by Crippen LogP contribution is -2.34. The second-order valence-electron chi connectivity index (χ2n) is 6.47. The molecule has 3 aromatic rings. The summed E-state index contributed by atoms with van der Waals surface area (Å²) in [5, 5.41) is 1.37. The van der Waals surface area contributed by atoms with Crippen LogP contribution in [-0.4, -0.2) is 10.9 Å². The van der Waals surface area contributed by atoms with Crippen molar-refractivity contribution in [1.29, 1.82) is 0 Å². The molecular formula is C20H19ClN2OS. The Morgan fingerprint density at radius 2 is 1.88 bits per heavy atom. The summed E-state index contributed by atoms with van der Waals surface area (Å²) in [4.78, 5) is 19.7. The third kappa shape index (κ3) is 3.42. The zero-order valence-electron chi connectivity index (χ0n) is 13.8. The number of fused-ring (bicyclic) bond motifs is 1. The van der Waals surface area contributed by atoms with Crippen molar-refractivity contribution in [2.24, 2.45) is 5.92 Å². The zero-order chi connectivity index (χ0) is 17.2. The zero-order valence-corrected chi connectivity index (χ0v) is 15.4. The number of aromatic nitrogens is 1. The summed E-state index contributed by atoms with van der Waals surface area (Å²) < 4.78 is 1.01. The topological polar surface area (TPSA) is 33.2 Å². The standard InChI is InChI=1S/C20H19ClN2OS/c21-16-11-6-12-17-18(16)22-20(25-17)23(13-14-7-2-1-3-8-14)19(24)15-9-4-5-10-15/h1-3,6-8,11-12,15H,4-5,9-10,13H2. The molecule has 25 heavy (non-hydrogen) atoms. The molecule has 0 bridgehead atoms. The van der Waals surface area contributed by atoms with Gasteiger partial charge in [0.25, 0.3) is 0 Å². The summed E-state index contributed by atoms with van der Waals surface area (Å²) in [5.41, 5.74) is 1.89. The Hall–Kier alpha value is -1.91. The molecule has 4 rings (SSSR count). The fourth-order valence-electron chi connectivity index (χ4n) is 3.42. The van der Waals surface area contributed by atoms with Crippen LogP contribution in [0.4, 0.5) is 5.13 Å². The van der Waals surface area contributed by atoms with Crippen LogP contribution in [0.15, 0.2) is 48.5 Å². The van der Waals surface area contributed by atoms with Gasteiger partial charge in [0.1, 0.15) is 5.52 Å². The lowest BCUT2D eigenvalue weighted by molar-refractivity contribution is -0.122. The Morgan fingerprint density at radius 3 is 2.60 bits per heavy atom. The Kier molecular flexibility index (Phi) is 4.73. The highest BCUT2D eigenvalue weighted by Crippen LogP contribution is 2.36. The van der Waals surface area contributed by atoms with Gasteiger partial charge < -0.3 is 0 Å². The maximum atomic E-state index is 13.2. The summed E-state index contributed by atoms with van der Waals surface area (Å²) in [5.74, 6) is 0.308. The van der Waals surface area contributed by atoms with E-state index in [0.29, 0.717) is 11.6 Å². The number of nitrogens with zero attached hydrogens (tertiary/aromatic N) is 2. The number of benzene rings is 2. The first-order valence-corrected chi connectivity index (χ1v) is 9.82. The van der Waals surface area contributed by atoms with Gasteiger partial charge in [-0.15, -0.1) is 0 Å². The van der Waals surface area contributed by atoms with Crippen LogP contribution in [0.1, 0.15) is 31.2 Å². The average Bonchev–Trinajstić information content (AvgIpc) is 3.30. The number of hydrogen-bond donors (Lipinski definition) is 0. The molecule has 2 aromatic carbocycles. The van der Waals surface area contributed by atoms with Crippen molar-refractivity contribution in [3.63, 3.8) is 0 Å². The van der Waals surface area contributed by atoms with Crippen molar-refractivity contribution in [1.82, 2.24) is 4.98 Å². The quantitative estimate of drug-likeness (QED) is 0.592. The van der Waals surface area contributed by atoms with Crippen LogP contribution in [0.2, 0.25) is 5.02 Å². The molecule has 1 aliphatic rings. The van der Waals surface area contributed by atoms with Crippen LogP contribution in [-0.2, 0) is 11.3 Å². The summed E-state index contributed by atoms with van der Waals surface area (Å²) in [6.07, 6.45) is 4.24. The van der Waals surface area contributed by atoms with E-state index in [1.165, 1.54) is 11.3 Å². The van der Waals surface area contributed by atoms with E-state index in [1.54, 1.807) is 0 Å². The summed E-state index contributed by atoms with van der Waals surface area (Å²) in [7, 11) is 0. The molecule has 0 unspecified atom stereocenters. The Bertz CT molecular complexity index is 887. The minimum Gasteiger partial charge on any atom is -0.283 e. The average molecular weight is 371 g/mol. The molecule has 1 amide bonds. The van der Waals surface area contributed by atoms with Gasteiger partial charge in [0.15, 0.2) is 5.13 Å². The van der Waals surface area contributed by atoms with E-state index in [1.807, 2.05) is 41.3 Å². The summed E-state index contributed by atoms with van der Waals surface area (Å²) in [6.45, 7) is 0.549. The molecule has 0 spiro atoms. The Morgan fingerprint density at radius 1 is 1.12 bits per heavy atom. The summed E-state index contributed by atoms with van der Waals surface area (Å²) >= 11 is 7.82. The first-order valence-electron chi connectivity index (χ1n) is 8.63. The molecule has 1 aromatic heterocycles. The highest BCUT2D eigenvalue weighted by atomic mass is 35.5. The second-order valence-corrected chi connectivity index (χ2v) is 7.89. The van der Waals surface area contributed by atoms with Gasteiger partial charge in [-0.3, -0.25) is 9.69 Å². The molecule has 0 N–H and O–H groups in total.